The molecule has 2 rings (SSSR count). The van der Waals surface area contributed by atoms with Gasteiger partial charge in [-0.1, -0.05) is 19.1 Å². The largest absolute Gasteiger partial charge is 0.493 e. The summed E-state index contributed by atoms with van der Waals surface area (Å²) in [6.07, 6.45) is 1.22. The summed E-state index contributed by atoms with van der Waals surface area (Å²) in [6, 6.07) is 5.42. The lowest BCUT2D eigenvalue weighted by atomic mass is 10.2. The predicted molar refractivity (Wildman–Crippen MR) is 90.2 cm³/mol. The molecule has 24 heavy (non-hydrogen) atoms. The minimum absolute atomic E-state index is 0.0200. The van der Waals surface area contributed by atoms with Gasteiger partial charge >= 0.3 is 6.03 Å². The number of nitrogens with zero attached hydrogens (tertiary/aromatic N) is 1. The Morgan fingerprint density at radius 3 is 2.96 bits per heavy atom. The van der Waals surface area contributed by atoms with Crippen molar-refractivity contribution in [3.8, 4) is 11.5 Å². The van der Waals surface area contributed by atoms with Gasteiger partial charge in [-0.25, -0.2) is 4.79 Å². The molecule has 0 atom stereocenters. The van der Waals surface area contributed by atoms with Gasteiger partial charge < -0.3 is 25.0 Å². The van der Waals surface area contributed by atoms with Crippen molar-refractivity contribution in [2.75, 3.05) is 33.4 Å². The third kappa shape index (κ3) is 4.78. The van der Waals surface area contributed by atoms with Gasteiger partial charge in [0.05, 0.1) is 13.7 Å². The average Bonchev–Trinajstić information content (AvgIpc) is 2.82. The van der Waals surface area contributed by atoms with Gasteiger partial charge in [0.1, 0.15) is 0 Å². The Morgan fingerprint density at radius 1 is 1.38 bits per heavy atom. The van der Waals surface area contributed by atoms with Crippen LogP contribution in [0.15, 0.2) is 18.2 Å². The summed E-state index contributed by atoms with van der Waals surface area (Å²) < 4.78 is 11.1. The number of rotatable bonds is 6. The quantitative estimate of drug-likeness (QED) is 0.826. The van der Waals surface area contributed by atoms with Crippen LogP contribution in [0.2, 0.25) is 0 Å². The summed E-state index contributed by atoms with van der Waals surface area (Å²) in [5, 5.41) is 5.65. The topological polar surface area (TPSA) is 79.9 Å². The number of carbonyl (C=O) groups is 2. The Bertz CT molecular complexity index is 577. The summed E-state index contributed by atoms with van der Waals surface area (Å²) >= 11 is 0. The maximum atomic E-state index is 12.3. The van der Waals surface area contributed by atoms with Crippen LogP contribution in [0.5, 0.6) is 11.5 Å². The zero-order valence-corrected chi connectivity index (χ0v) is 14.3. The first-order valence-corrected chi connectivity index (χ1v) is 8.23. The van der Waals surface area contributed by atoms with Gasteiger partial charge in [0, 0.05) is 38.2 Å². The van der Waals surface area contributed by atoms with E-state index in [9.17, 15) is 9.59 Å². The molecule has 1 aromatic carbocycles. The molecule has 1 saturated heterocycles. The molecule has 0 bridgehead atoms. The SMILES string of the molecule is CCCOc1c(CNC(=O)N2CCNC(=O)CC2)cccc1OC. The van der Waals surface area contributed by atoms with Crippen LogP contribution in [-0.4, -0.2) is 50.2 Å². The second kappa shape index (κ2) is 9.00. The van der Waals surface area contributed by atoms with Crippen molar-refractivity contribution in [1.29, 1.82) is 0 Å². The lowest BCUT2D eigenvalue weighted by Gasteiger charge is -2.21. The van der Waals surface area contributed by atoms with Crippen molar-refractivity contribution in [2.45, 2.75) is 26.3 Å². The number of methoxy groups -OCH3 is 1. The molecule has 3 amide bonds. The molecule has 1 aromatic rings. The van der Waals surface area contributed by atoms with Gasteiger partial charge in [0.2, 0.25) is 5.91 Å². The van der Waals surface area contributed by atoms with Crippen LogP contribution in [0.3, 0.4) is 0 Å². The van der Waals surface area contributed by atoms with Gasteiger partial charge in [-0.3, -0.25) is 4.79 Å². The molecule has 1 fully saturated rings. The van der Waals surface area contributed by atoms with Gasteiger partial charge in [-0.05, 0) is 12.5 Å². The van der Waals surface area contributed by atoms with E-state index in [1.165, 1.54) is 0 Å². The summed E-state index contributed by atoms with van der Waals surface area (Å²) in [5.74, 6) is 1.29. The minimum atomic E-state index is -0.184. The summed E-state index contributed by atoms with van der Waals surface area (Å²) in [5.41, 5.74) is 0.861. The molecule has 1 aliphatic rings. The molecule has 132 valence electrons. The molecule has 7 nitrogen and oxygen atoms in total. The highest BCUT2D eigenvalue weighted by Gasteiger charge is 2.19. The Morgan fingerprint density at radius 2 is 2.21 bits per heavy atom. The first-order chi connectivity index (χ1) is 11.7. The van der Waals surface area contributed by atoms with E-state index in [4.69, 9.17) is 9.47 Å². The summed E-state index contributed by atoms with van der Waals surface area (Å²) in [4.78, 5) is 25.3. The number of para-hydroxylation sites is 1. The molecule has 1 aliphatic heterocycles. The Hall–Kier alpha value is -2.44. The fourth-order valence-corrected chi connectivity index (χ4v) is 2.48. The first kappa shape index (κ1) is 17.9. The smallest absolute Gasteiger partial charge is 0.317 e. The summed E-state index contributed by atoms with van der Waals surface area (Å²) in [7, 11) is 1.59. The Kier molecular flexibility index (Phi) is 6.72. The third-order valence-corrected chi connectivity index (χ3v) is 3.76. The molecule has 0 aromatic heterocycles. The Balaban J connectivity index is 2.00. The molecule has 0 radical (unpaired) electrons. The third-order valence-electron chi connectivity index (χ3n) is 3.76. The van der Waals surface area contributed by atoms with Crippen LogP contribution < -0.4 is 20.1 Å². The molecule has 7 heteroatoms. The van der Waals surface area contributed by atoms with Crippen LogP contribution in [-0.2, 0) is 11.3 Å². The highest BCUT2D eigenvalue weighted by molar-refractivity contribution is 5.79. The maximum Gasteiger partial charge on any atom is 0.317 e. The van der Waals surface area contributed by atoms with E-state index in [1.54, 1.807) is 12.0 Å². The van der Waals surface area contributed by atoms with Crippen molar-refractivity contribution in [2.24, 2.45) is 0 Å². The van der Waals surface area contributed by atoms with Crippen LogP contribution in [0, 0.1) is 0 Å². The first-order valence-electron chi connectivity index (χ1n) is 8.23. The predicted octanol–water partition coefficient (Wildman–Crippen LogP) is 1.52. The second-order valence-corrected chi connectivity index (χ2v) is 5.54. The number of ether oxygens (including phenoxy) is 2. The standard InChI is InChI=1S/C17H25N3O4/c1-3-11-24-16-13(5-4-6-14(16)23-2)12-19-17(22)20-9-7-15(21)18-8-10-20/h4-6H,3,7-12H2,1-2H3,(H,18,21)(H,19,22). The van der Waals surface area contributed by atoms with Crippen molar-refractivity contribution in [3.63, 3.8) is 0 Å². The van der Waals surface area contributed by atoms with Crippen molar-refractivity contribution in [3.05, 3.63) is 23.8 Å². The zero-order chi connectivity index (χ0) is 17.4. The van der Waals surface area contributed by atoms with E-state index in [0.717, 1.165) is 12.0 Å². The van der Waals surface area contributed by atoms with Gasteiger partial charge in [-0.2, -0.15) is 0 Å². The van der Waals surface area contributed by atoms with Crippen molar-refractivity contribution in [1.82, 2.24) is 15.5 Å². The zero-order valence-electron chi connectivity index (χ0n) is 14.3. The van der Waals surface area contributed by atoms with Gasteiger partial charge in [0.15, 0.2) is 11.5 Å². The van der Waals surface area contributed by atoms with Crippen molar-refractivity contribution < 1.29 is 19.1 Å². The number of hydrogen-bond donors (Lipinski definition) is 2. The lowest BCUT2D eigenvalue weighted by molar-refractivity contribution is -0.120. The van der Waals surface area contributed by atoms with Crippen LogP contribution in [0.25, 0.3) is 0 Å². The van der Waals surface area contributed by atoms with E-state index < -0.39 is 0 Å². The van der Waals surface area contributed by atoms with E-state index in [2.05, 4.69) is 10.6 Å². The van der Waals surface area contributed by atoms with Crippen LogP contribution in [0.4, 0.5) is 4.79 Å². The van der Waals surface area contributed by atoms with Crippen LogP contribution in [0.1, 0.15) is 25.3 Å². The molecule has 1 heterocycles. The number of urea groups is 1. The average molecular weight is 335 g/mol. The normalized spacial score (nSPS) is 14.6. The highest BCUT2D eigenvalue weighted by Crippen LogP contribution is 2.31. The molecule has 0 saturated carbocycles. The number of carbonyl (C=O) groups excluding carboxylic acids is 2. The molecule has 0 spiro atoms. The molecule has 0 unspecified atom stereocenters. The molecular formula is C17H25N3O4. The monoisotopic (exact) mass is 335 g/mol. The second-order valence-electron chi connectivity index (χ2n) is 5.54. The molecular weight excluding hydrogens is 310 g/mol. The van der Waals surface area contributed by atoms with E-state index >= 15 is 0 Å². The fraction of sp³-hybridized carbons (Fsp3) is 0.529. The molecule has 0 aliphatic carbocycles. The summed E-state index contributed by atoms with van der Waals surface area (Å²) in [6.45, 7) is 4.37. The fourth-order valence-electron chi connectivity index (χ4n) is 2.48. The minimum Gasteiger partial charge on any atom is -0.493 e. The van der Waals surface area contributed by atoms with Gasteiger partial charge in [-0.15, -0.1) is 0 Å². The lowest BCUT2D eigenvalue weighted by Crippen LogP contribution is -2.41. The Labute approximate surface area is 142 Å². The maximum absolute atomic E-state index is 12.3. The number of nitrogens with one attached hydrogen (secondary N) is 2. The van der Waals surface area contributed by atoms with Gasteiger partial charge in [0.25, 0.3) is 0 Å². The number of amides is 3. The van der Waals surface area contributed by atoms with Crippen LogP contribution >= 0.6 is 0 Å². The van der Waals surface area contributed by atoms with E-state index in [-0.39, 0.29) is 11.9 Å². The van der Waals surface area contributed by atoms with E-state index in [0.29, 0.717) is 50.7 Å². The molecule has 2 N–H and O–H groups in total. The highest BCUT2D eigenvalue weighted by atomic mass is 16.5. The van der Waals surface area contributed by atoms with Crippen molar-refractivity contribution >= 4 is 11.9 Å². The number of benzene rings is 1. The number of hydrogen-bond acceptors (Lipinski definition) is 4. The van der Waals surface area contributed by atoms with E-state index in [1.807, 2.05) is 25.1 Å².